The van der Waals surface area contributed by atoms with Gasteiger partial charge in [-0.3, -0.25) is 0 Å². The minimum atomic E-state index is 0.473. The van der Waals surface area contributed by atoms with Crippen molar-refractivity contribution in [3.8, 4) is 0 Å². The van der Waals surface area contributed by atoms with Crippen LogP contribution in [-0.2, 0) is 6.54 Å². The Hall–Kier alpha value is -1.50. The van der Waals surface area contributed by atoms with E-state index in [9.17, 15) is 0 Å². The second kappa shape index (κ2) is 5.85. The molecule has 0 aliphatic rings. The minimum absolute atomic E-state index is 0.473. The summed E-state index contributed by atoms with van der Waals surface area (Å²) in [5.41, 5.74) is 4.61. The number of aromatic nitrogens is 3. The van der Waals surface area contributed by atoms with Crippen molar-refractivity contribution in [2.45, 2.75) is 11.8 Å². The number of halogens is 2. The minimum Gasteiger partial charge on any atom is -0.431 e. The lowest BCUT2D eigenvalue weighted by Gasteiger charge is -2.06. The van der Waals surface area contributed by atoms with E-state index in [0.717, 1.165) is 32.2 Å². The molecule has 0 radical (unpaired) electrons. The molecule has 2 aromatic heterocycles. The van der Waals surface area contributed by atoms with E-state index in [-0.39, 0.29) is 0 Å². The Kier molecular flexibility index (Phi) is 3.83. The molecule has 0 aliphatic heterocycles. The highest BCUT2D eigenvalue weighted by Crippen LogP contribution is 2.26. The molecule has 0 spiro atoms. The molecule has 0 aliphatic carbocycles. The van der Waals surface area contributed by atoms with Crippen LogP contribution in [-0.4, -0.2) is 20.8 Å². The molecule has 7 heteroatoms. The van der Waals surface area contributed by atoms with E-state index < -0.39 is 0 Å². The fraction of sp³-hybridized carbons (Fsp3) is 0.125. The summed E-state index contributed by atoms with van der Waals surface area (Å²) in [6, 6.07) is 12.0. The van der Waals surface area contributed by atoms with Crippen LogP contribution in [0.1, 0.15) is 5.56 Å². The summed E-state index contributed by atoms with van der Waals surface area (Å²) in [5.74, 6) is 0. The molecule has 23 heavy (non-hydrogen) atoms. The molecule has 2 aromatic carbocycles. The number of benzene rings is 2. The summed E-state index contributed by atoms with van der Waals surface area (Å²) >= 11 is 11.3. The molecule has 0 bridgehead atoms. The van der Waals surface area contributed by atoms with E-state index in [2.05, 4.69) is 25.9 Å². The average molecular weight is 409 g/mol. The van der Waals surface area contributed by atoms with Crippen LogP contribution in [0, 0.1) is 0 Å². The van der Waals surface area contributed by atoms with Crippen molar-refractivity contribution in [2.24, 2.45) is 0 Å². The van der Waals surface area contributed by atoms with Gasteiger partial charge in [0.1, 0.15) is 5.52 Å². The number of imidazole rings is 1. The lowest BCUT2D eigenvalue weighted by molar-refractivity contribution is 0.490. The standard InChI is InChI=1S/C16H11BrClN3OS/c1-23-16-20-11-4-2-9(6-14(11)22-16)8-21-13-5-3-10(17)7-12(13)19-15(21)18/h2-7H,8H2,1H3. The first-order valence-electron chi connectivity index (χ1n) is 6.89. The van der Waals surface area contributed by atoms with E-state index >= 15 is 0 Å². The van der Waals surface area contributed by atoms with E-state index in [0.29, 0.717) is 17.1 Å². The first-order chi connectivity index (χ1) is 11.1. The van der Waals surface area contributed by atoms with Gasteiger partial charge in [0.15, 0.2) is 5.58 Å². The van der Waals surface area contributed by atoms with Gasteiger partial charge in [-0.25, -0.2) is 9.97 Å². The lowest BCUT2D eigenvalue weighted by atomic mass is 10.2. The molecule has 0 saturated carbocycles. The molecular formula is C16H11BrClN3OS. The maximum atomic E-state index is 6.31. The molecule has 4 aromatic rings. The van der Waals surface area contributed by atoms with E-state index in [1.165, 1.54) is 11.8 Å². The number of oxazole rings is 1. The molecule has 4 rings (SSSR count). The first kappa shape index (κ1) is 15.1. The fourth-order valence-corrected chi connectivity index (χ4v) is 3.49. The smallest absolute Gasteiger partial charge is 0.256 e. The summed E-state index contributed by atoms with van der Waals surface area (Å²) in [4.78, 5) is 8.80. The molecule has 2 heterocycles. The van der Waals surface area contributed by atoms with Crippen LogP contribution >= 0.6 is 39.3 Å². The number of fused-ring (bicyclic) bond motifs is 2. The van der Waals surface area contributed by atoms with Gasteiger partial charge in [-0.15, -0.1) is 0 Å². The third-order valence-electron chi connectivity index (χ3n) is 3.61. The van der Waals surface area contributed by atoms with Gasteiger partial charge in [0.2, 0.25) is 5.28 Å². The van der Waals surface area contributed by atoms with Crippen LogP contribution in [0.2, 0.25) is 5.28 Å². The molecule has 0 amide bonds. The monoisotopic (exact) mass is 407 g/mol. The molecule has 116 valence electrons. The molecule has 0 fully saturated rings. The molecule has 0 N–H and O–H groups in total. The molecule has 0 atom stereocenters. The normalized spacial score (nSPS) is 11.6. The van der Waals surface area contributed by atoms with Crippen molar-refractivity contribution in [1.29, 1.82) is 0 Å². The van der Waals surface area contributed by atoms with Gasteiger partial charge in [-0.2, -0.15) is 0 Å². The van der Waals surface area contributed by atoms with E-state index in [1.54, 1.807) is 0 Å². The third kappa shape index (κ3) is 2.75. The van der Waals surface area contributed by atoms with Gasteiger partial charge in [0, 0.05) is 4.47 Å². The van der Waals surface area contributed by atoms with E-state index in [4.69, 9.17) is 16.0 Å². The Labute approximate surface area is 150 Å². The van der Waals surface area contributed by atoms with Crippen molar-refractivity contribution < 1.29 is 4.42 Å². The van der Waals surface area contributed by atoms with Crippen LogP contribution in [0.5, 0.6) is 0 Å². The van der Waals surface area contributed by atoms with Crippen LogP contribution in [0.3, 0.4) is 0 Å². The van der Waals surface area contributed by atoms with Crippen molar-refractivity contribution in [3.05, 3.63) is 51.7 Å². The van der Waals surface area contributed by atoms with Crippen LogP contribution in [0.25, 0.3) is 22.1 Å². The first-order valence-corrected chi connectivity index (χ1v) is 9.28. The van der Waals surface area contributed by atoms with Gasteiger partial charge in [0.25, 0.3) is 5.22 Å². The third-order valence-corrected chi connectivity index (χ3v) is 4.92. The SMILES string of the molecule is CSc1nc2ccc(Cn3c(Cl)nc4cc(Br)ccc43)cc2o1. The highest BCUT2D eigenvalue weighted by atomic mass is 79.9. The Morgan fingerprint density at radius 3 is 2.87 bits per heavy atom. The predicted octanol–water partition coefficient (Wildman–Crippen LogP) is 5.36. The molecule has 0 unspecified atom stereocenters. The van der Waals surface area contributed by atoms with Crippen molar-refractivity contribution >= 4 is 61.4 Å². The van der Waals surface area contributed by atoms with Gasteiger partial charge in [-0.1, -0.05) is 33.8 Å². The predicted molar refractivity (Wildman–Crippen MR) is 97.3 cm³/mol. The zero-order chi connectivity index (χ0) is 16.0. The van der Waals surface area contributed by atoms with Crippen LogP contribution in [0.15, 0.2) is 50.5 Å². The second-order valence-electron chi connectivity index (χ2n) is 5.09. The summed E-state index contributed by atoms with van der Waals surface area (Å²) in [6.45, 7) is 0.627. The van der Waals surface area contributed by atoms with Gasteiger partial charge in [0.05, 0.1) is 17.6 Å². The zero-order valence-electron chi connectivity index (χ0n) is 12.1. The Morgan fingerprint density at radius 1 is 1.17 bits per heavy atom. The van der Waals surface area contributed by atoms with E-state index in [1.807, 2.05) is 47.2 Å². The second-order valence-corrected chi connectivity index (χ2v) is 7.10. The van der Waals surface area contributed by atoms with Crippen molar-refractivity contribution in [1.82, 2.24) is 14.5 Å². The fourth-order valence-electron chi connectivity index (χ4n) is 2.54. The van der Waals surface area contributed by atoms with Gasteiger partial charge in [-0.05, 0) is 53.8 Å². The number of thioether (sulfide) groups is 1. The number of rotatable bonds is 3. The summed E-state index contributed by atoms with van der Waals surface area (Å²) in [5, 5.41) is 1.15. The number of hydrogen-bond donors (Lipinski definition) is 0. The van der Waals surface area contributed by atoms with Crippen LogP contribution in [0.4, 0.5) is 0 Å². The summed E-state index contributed by atoms with van der Waals surface area (Å²) in [7, 11) is 0. The van der Waals surface area contributed by atoms with Crippen molar-refractivity contribution in [2.75, 3.05) is 6.26 Å². The maximum Gasteiger partial charge on any atom is 0.256 e. The summed E-state index contributed by atoms with van der Waals surface area (Å²) in [6.07, 6.45) is 1.95. The number of nitrogens with zero attached hydrogens (tertiary/aromatic N) is 3. The Balaban J connectivity index is 1.76. The number of hydrogen-bond acceptors (Lipinski definition) is 4. The molecular weight excluding hydrogens is 398 g/mol. The van der Waals surface area contributed by atoms with Crippen molar-refractivity contribution in [3.63, 3.8) is 0 Å². The topological polar surface area (TPSA) is 43.9 Å². The Bertz CT molecular complexity index is 1030. The average Bonchev–Trinajstić information content (AvgIpc) is 3.07. The highest BCUT2D eigenvalue weighted by Gasteiger charge is 2.11. The largest absolute Gasteiger partial charge is 0.431 e. The molecule has 0 saturated heterocycles. The quantitative estimate of drug-likeness (QED) is 0.428. The maximum absolute atomic E-state index is 6.31. The lowest BCUT2D eigenvalue weighted by Crippen LogP contribution is -1.99. The Morgan fingerprint density at radius 2 is 2.04 bits per heavy atom. The van der Waals surface area contributed by atoms with Crippen LogP contribution < -0.4 is 0 Å². The highest BCUT2D eigenvalue weighted by molar-refractivity contribution is 9.10. The van der Waals surface area contributed by atoms with Gasteiger partial charge >= 0.3 is 0 Å². The summed E-state index contributed by atoms with van der Waals surface area (Å²) < 4.78 is 8.67. The van der Waals surface area contributed by atoms with Gasteiger partial charge < -0.3 is 8.98 Å². The molecule has 4 nitrogen and oxygen atoms in total. The zero-order valence-corrected chi connectivity index (χ0v) is 15.2.